The number of hydrogen-bond acceptors (Lipinski definition) is 4. The average molecular weight is 530 g/mol. The van der Waals surface area contributed by atoms with Crippen molar-refractivity contribution in [2.75, 3.05) is 45.0 Å². The maximum Gasteiger partial charge on any atom is 0.221 e. The van der Waals surface area contributed by atoms with Gasteiger partial charge in [0.25, 0.3) is 0 Å². The number of anilines is 3. The molecule has 1 rings (SSSR count). The van der Waals surface area contributed by atoms with Crippen LogP contribution in [0.2, 0.25) is 0 Å². The summed E-state index contributed by atoms with van der Waals surface area (Å²) >= 11 is 4.78. The molecule has 1 aromatic heterocycles. The largest absolute Gasteiger partial charge is 0.373 e. The van der Waals surface area contributed by atoms with Crippen LogP contribution in [0.1, 0.15) is 25.3 Å². The van der Waals surface area contributed by atoms with E-state index in [2.05, 4.69) is 72.7 Å². The molecule has 124 valence electrons. The first-order valence-electron chi connectivity index (χ1n) is 7.35. The second kappa shape index (κ2) is 10.5. The third-order valence-corrected chi connectivity index (χ3v) is 4.60. The number of hydrogen-bond donors (Lipinski definition) is 2. The zero-order valence-corrected chi connectivity index (χ0v) is 17.7. The van der Waals surface area contributed by atoms with Crippen molar-refractivity contribution in [1.82, 2.24) is 4.98 Å². The lowest BCUT2D eigenvalue weighted by Gasteiger charge is -2.26. The van der Waals surface area contributed by atoms with E-state index in [4.69, 9.17) is 0 Å². The molecule has 22 heavy (non-hydrogen) atoms. The standard InChI is InChI=1S/C15H24I2N4O/c1-11(22)20-13-10-19-15(18-2)12(6-8-17)14(13)21(3)9-5-4-7-16/h10H,4-9H2,1-3H3,(H,18,19)(H,20,22). The van der Waals surface area contributed by atoms with Crippen molar-refractivity contribution in [3.63, 3.8) is 0 Å². The molecule has 5 nitrogen and oxygen atoms in total. The minimum atomic E-state index is -0.0682. The van der Waals surface area contributed by atoms with Gasteiger partial charge in [-0.1, -0.05) is 45.2 Å². The minimum absolute atomic E-state index is 0.0682. The number of aromatic nitrogens is 1. The SMILES string of the molecule is CNc1ncc(NC(C)=O)c(N(C)CCCCI)c1CCI. The summed E-state index contributed by atoms with van der Waals surface area (Å²) in [4.78, 5) is 18.2. The van der Waals surface area contributed by atoms with E-state index in [1.165, 1.54) is 23.3 Å². The van der Waals surface area contributed by atoms with Gasteiger partial charge >= 0.3 is 0 Å². The zero-order chi connectivity index (χ0) is 16.5. The number of rotatable bonds is 9. The fraction of sp³-hybridized carbons (Fsp3) is 0.600. The van der Waals surface area contributed by atoms with Crippen LogP contribution >= 0.6 is 45.2 Å². The summed E-state index contributed by atoms with van der Waals surface area (Å²) in [5.41, 5.74) is 3.04. The minimum Gasteiger partial charge on any atom is -0.373 e. The first-order valence-corrected chi connectivity index (χ1v) is 10.4. The van der Waals surface area contributed by atoms with E-state index >= 15 is 0 Å². The normalized spacial score (nSPS) is 10.4. The number of pyridine rings is 1. The van der Waals surface area contributed by atoms with Crippen LogP contribution in [0.4, 0.5) is 17.2 Å². The summed E-state index contributed by atoms with van der Waals surface area (Å²) in [6.07, 6.45) is 5.00. The van der Waals surface area contributed by atoms with Gasteiger partial charge in [0, 0.05) is 37.6 Å². The van der Waals surface area contributed by atoms with Gasteiger partial charge in [-0.2, -0.15) is 0 Å². The fourth-order valence-corrected chi connectivity index (χ4v) is 3.44. The molecule has 0 bridgehead atoms. The second-order valence-electron chi connectivity index (χ2n) is 5.04. The van der Waals surface area contributed by atoms with Crippen molar-refractivity contribution in [1.29, 1.82) is 0 Å². The van der Waals surface area contributed by atoms with Gasteiger partial charge in [-0.25, -0.2) is 4.98 Å². The molecule has 2 N–H and O–H groups in total. The van der Waals surface area contributed by atoms with E-state index in [9.17, 15) is 4.79 Å². The Balaban J connectivity index is 3.21. The molecule has 0 aliphatic heterocycles. The summed E-state index contributed by atoms with van der Waals surface area (Å²) in [5.74, 6) is 0.822. The number of halogens is 2. The number of carbonyl (C=O) groups is 1. The molecule has 0 fully saturated rings. The maximum absolute atomic E-state index is 11.5. The predicted molar refractivity (Wildman–Crippen MR) is 112 cm³/mol. The molecular formula is C15H24I2N4O. The van der Waals surface area contributed by atoms with Crippen LogP contribution in [-0.4, -0.2) is 40.4 Å². The first kappa shape index (κ1) is 19.7. The molecule has 0 aromatic carbocycles. The molecule has 1 amide bonds. The lowest BCUT2D eigenvalue weighted by molar-refractivity contribution is -0.114. The Bertz CT molecular complexity index is 497. The summed E-state index contributed by atoms with van der Waals surface area (Å²) in [6.45, 7) is 2.50. The number of nitrogens with zero attached hydrogens (tertiary/aromatic N) is 2. The molecule has 0 spiro atoms. The quantitative estimate of drug-likeness (QED) is 0.291. The van der Waals surface area contributed by atoms with Crippen molar-refractivity contribution in [2.24, 2.45) is 0 Å². The van der Waals surface area contributed by atoms with Gasteiger partial charge in [-0.3, -0.25) is 4.79 Å². The Morgan fingerprint density at radius 2 is 2.05 bits per heavy atom. The Kier molecular flexibility index (Phi) is 9.37. The summed E-state index contributed by atoms with van der Waals surface area (Å²) in [6, 6.07) is 0. The number of nitrogens with one attached hydrogen (secondary N) is 2. The first-order chi connectivity index (χ1) is 10.5. The number of alkyl halides is 2. The Labute approximate surface area is 160 Å². The maximum atomic E-state index is 11.5. The average Bonchev–Trinajstić information content (AvgIpc) is 2.47. The van der Waals surface area contributed by atoms with Gasteiger partial charge in [-0.05, 0) is 23.7 Å². The lowest BCUT2D eigenvalue weighted by Crippen LogP contribution is -2.23. The third kappa shape index (κ3) is 5.71. The molecule has 0 radical (unpaired) electrons. The van der Waals surface area contributed by atoms with Crippen LogP contribution in [0.3, 0.4) is 0 Å². The topological polar surface area (TPSA) is 57.3 Å². The molecule has 1 heterocycles. The Morgan fingerprint density at radius 1 is 1.32 bits per heavy atom. The van der Waals surface area contributed by atoms with Crippen LogP contribution in [0.25, 0.3) is 0 Å². The summed E-state index contributed by atoms with van der Waals surface area (Å²) in [5, 5.41) is 6.09. The molecule has 7 heteroatoms. The smallest absolute Gasteiger partial charge is 0.221 e. The van der Waals surface area contributed by atoms with E-state index in [-0.39, 0.29) is 5.91 Å². The fourth-order valence-electron chi connectivity index (χ4n) is 2.36. The molecule has 0 aliphatic carbocycles. The highest BCUT2D eigenvalue weighted by atomic mass is 127. The molecule has 0 saturated carbocycles. The molecule has 0 saturated heterocycles. The van der Waals surface area contributed by atoms with E-state index in [0.717, 1.165) is 41.0 Å². The van der Waals surface area contributed by atoms with Crippen molar-refractivity contribution in [3.05, 3.63) is 11.8 Å². The highest BCUT2D eigenvalue weighted by Gasteiger charge is 2.18. The van der Waals surface area contributed by atoms with E-state index in [0.29, 0.717) is 0 Å². The third-order valence-electron chi connectivity index (χ3n) is 3.30. The van der Waals surface area contributed by atoms with Crippen LogP contribution in [0.5, 0.6) is 0 Å². The molecule has 0 aliphatic rings. The molecule has 0 unspecified atom stereocenters. The van der Waals surface area contributed by atoms with E-state index < -0.39 is 0 Å². The summed E-state index contributed by atoms with van der Waals surface area (Å²) < 4.78 is 2.18. The number of amides is 1. The van der Waals surface area contributed by atoms with Crippen LogP contribution in [0.15, 0.2) is 6.20 Å². The highest BCUT2D eigenvalue weighted by Crippen LogP contribution is 2.34. The summed E-state index contributed by atoms with van der Waals surface area (Å²) in [7, 11) is 3.97. The lowest BCUT2D eigenvalue weighted by atomic mass is 10.1. The Hall–Kier alpha value is -0.320. The highest BCUT2D eigenvalue weighted by molar-refractivity contribution is 14.1. The van der Waals surface area contributed by atoms with Crippen LogP contribution in [0, 0.1) is 0 Å². The molecule has 1 aromatic rings. The zero-order valence-electron chi connectivity index (χ0n) is 13.4. The molecule has 0 atom stereocenters. The van der Waals surface area contributed by atoms with Crippen molar-refractivity contribution >= 4 is 68.3 Å². The Morgan fingerprint density at radius 3 is 2.59 bits per heavy atom. The number of carbonyl (C=O) groups excluding carboxylic acids is 1. The molecular weight excluding hydrogens is 506 g/mol. The van der Waals surface area contributed by atoms with Gasteiger partial charge in [0.15, 0.2) is 0 Å². The van der Waals surface area contributed by atoms with Crippen LogP contribution in [-0.2, 0) is 11.2 Å². The van der Waals surface area contributed by atoms with Crippen molar-refractivity contribution in [3.8, 4) is 0 Å². The van der Waals surface area contributed by atoms with Gasteiger partial charge in [0.1, 0.15) is 5.82 Å². The van der Waals surface area contributed by atoms with Crippen molar-refractivity contribution in [2.45, 2.75) is 26.2 Å². The van der Waals surface area contributed by atoms with Gasteiger partial charge in [0.2, 0.25) is 5.91 Å². The predicted octanol–water partition coefficient (Wildman–Crippen LogP) is 3.71. The van der Waals surface area contributed by atoms with Gasteiger partial charge in [0.05, 0.1) is 17.6 Å². The van der Waals surface area contributed by atoms with Gasteiger partial charge < -0.3 is 15.5 Å². The van der Waals surface area contributed by atoms with E-state index in [1.807, 2.05) is 7.05 Å². The second-order valence-corrected chi connectivity index (χ2v) is 7.19. The monoisotopic (exact) mass is 530 g/mol. The van der Waals surface area contributed by atoms with Crippen molar-refractivity contribution < 1.29 is 4.79 Å². The van der Waals surface area contributed by atoms with Gasteiger partial charge in [-0.15, -0.1) is 0 Å². The van der Waals surface area contributed by atoms with E-state index in [1.54, 1.807) is 6.20 Å². The number of unbranched alkanes of at least 4 members (excludes halogenated alkanes) is 1. The van der Waals surface area contributed by atoms with Crippen LogP contribution < -0.4 is 15.5 Å².